The van der Waals surface area contributed by atoms with E-state index in [9.17, 15) is 9.59 Å². The van der Waals surface area contributed by atoms with Crippen LogP contribution >= 0.6 is 11.6 Å². The predicted octanol–water partition coefficient (Wildman–Crippen LogP) is 5.21. The van der Waals surface area contributed by atoms with Gasteiger partial charge in [0.15, 0.2) is 6.61 Å². The summed E-state index contributed by atoms with van der Waals surface area (Å²) in [7, 11) is 1.80. The van der Waals surface area contributed by atoms with Crippen molar-refractivity contribution in [1.29, 1.82) is 0 Å². The molecule has 0 spiro atoms. The highest BCUT2D eigenvalue weighted by Crippen LogP contribution is 2.23. The van der Waals surface area contributed by atoms with Crippen molar-refractivity contribution in [2.24, 2.45) is 0 Å². The minimum atomic E-state index is -0.526. The van der Waals surface area contributed by atoms with Gasteiger partial charge in [-0.05, 0) is 42.2 Å². The highest BCUT2D eigenvalue weighted by atomic mass is 35.5. The molecule has 1 fully saturated rings. The second kappa shape index (κ2) is 10.3. The van der Waals surface area contributed by atoms with Crippen molar-refractivity contribution in [1.82, 2.24) is 4.90 Å². The first-order chi connectivity index (χ1) is 14.0. The Balaban J connectivity index is 1.72. The summed E-state index contributed by atoms with van der Waals surface area (Å²) in [5.74, 6) is -0.693. The number of rotatable bonds is 6. The zero-order chi connectivity index (χ0) is 20.6. The van der Waals surface area contributed by atoms with E-state index < -0.39 is 5.97 Å². The lowest BCUT2D eigenvalue weighted by atomic mass is 9.94. The van der Waals surface area contributed by atoms with Gasteiger partial charge in [-0.25, -0.2) is 4.79 Å². The first-order valence-corrected chi connectivity index (χ1v) is 10.4. The molecular formula is C24H26ClNO3. The number of likely N-dealkylation sites (N-methyl/N-ethyl adjacent to an activating group) is 1. The maximum absolute atomic E-state index is 12.8. The third-order valence-corrected chi connectivity index (χ3v) is 5.58. The molecule has 0 heterocycles. The molecule has 0 aromatic heterocycles. The molecule has 0 N–H and O–H groups in total. The van der Waals surface area contributed by atoms with Gasteiger partial charge < -0.3 is 9.64 Å². The maximum Gasteiger partial charge on any atom is 0.339 e. The average molecular weight is 412 g/mol. The minimum Gasteiger partial charge on any atom is -0.452 e. The van der Waals surface area contributed by atoms with Gasteiger partial charge in [-0.3, -0.25) is 4.79 Å². The van der Waals surface area contributed by atoms with E-state index in [1.807, 2.05) is 30.3 Å². The molecule has 0 saturated heterocycles. The van der Waals surface area contributed by atoms with Crippen LogP contribution in [0.25, 0.3) is 11.6 Å². The van der Waals surface area contributed by atoms with E-state index in [2.05, 4.69) is 0 Å². The van der Waals surface area contributed by atoms with E-state index >= 15 is 0 Å². The molecule has 29 heavy (non-hydrogen) atoms. The Bertz CT molecular complexity index is 855. The molecule has 2 aromatic carbocycles. The van der Waals surface area contributed by atoms with Crippen LogP contribution in [0, 0.1) is 0 Å². The summed E-state index contributed by atoms with van der Waals surface area (Å²) in [6.45, 7) is -0.258. The molecule has 0 unspecified atom stereocenters. The van der Waals surface area contributed by atoms with Gasteiger partial charge in [0, 0.05) is 18.1 Å². The van der Waals surface area contributed by atoms with E-state index in [0.717, 1.165) is 31.2 Å². The van der Waals surface area contributed by atoms with Gasteiger partial charge in [0.2, 0.25) is 0 Å². The van der Waals surface area contributed by atoms with Gasteiger partial charge in [-0.2, -0.15) is 0 Å². The first-order valence-electron chi connectivity index (χ1n) is 10.00. The second-order valence-electron chi connectivity index (χ2n) is 7.35. The molecule has 0 radical (unpaired) electrons. The van der Waals surface area contributed by atoms with Crippen molar-refractivity contribution in [3.63, 3.8) is 0 Å². The summed E-state index contributed by atoms with van der Waals surface area (Å²) < 4.78 is 5.40. The number of benzene rings is 2. The van der Waals surface area contributed by atoms with Gasteiger partial charge in [0.05, 0.1) is 5.57 Å². The van der Waals surface area contributed by atoms with Gasteiger partial charge in [0.1, 0.15) is 0 Å². The van der Waals surface area contributed by atoms with Gasteiger partial charge >= 0.3 is 5.97 Å². The Labute approximate surface area is 177 Å². The van der Waals surface area contributed by atoms with E-state index in [1.54, 1.807) is 42.3 Å². The van der Waals surface area contributed by atoms with Crippen LogP contribution in [-0.4, -0.2) is 36.5 Å². The molecule has 1 aliphatic rings. The Kier molecular flexibility index (Phi) is 7.48. The second-order valence-corrected chi connectivity index (χ2v) is 7.78. The Morgan fingerprint density at radius 1 is 1.03 bits per heavy atom. The van der Waals surface area contributed by atoms with E-state index in [4.69, 9.17) is 16.3 Å². The summed E-state index contributed by atoms with van der Waals surface area (Å²) >= 11 is 5.98. The Morgan fingerprint density at radius 2 is 1.69 bits per heavy atom. The highest BCUT2D eigenvalue weighted by molar-refractivity contribution is 6.30. The number of esters is 1. The zero-order valence-corrected chi connectivity index (χ0v) is 17.4. The van der Waals surface area contributed by atoms with Crippen molar-refractivity contribution >= 4 is 35.1 Å². The number of amides is 1. The number of ether oxygens (including phenoxy) is 1. The minimum absolute atomic E-state index is 0.166. The lowest BCUT2D eigenvalue weighted by Gasteiger charge is -2.31. The largest absolute Gasteiger partial charge is 0.452 e. The summed E-state index contributed by atoms with van der Waals surface area (Å²) in [6.07, 6.45) is 7.30. The van der Waals surface area contributed by atoms with Gasteiger partial charge in [-0.15, -0.1) is 0 Å². The summed E-state index contributed by atoms with van der Waals surface area (Å²) in [5.41, 5.74) is 1.96. The van der Waals surface area contributed by atoms with Crippen LogP contribution in [0.15, 0.2) is 54.6 Å². The number of hydrogen-bond acceptors (Lipinski definition) is 3. The van der Waals surface area contributed by atoms with Crippen LogP contribution in [-0.2, 0) is 14.3 Å². The van der Waals surface area contributed by atoms with Crippen LogP contribution in [0.5, 0.6) is 0 Å². The topological polar surface area (TPSA) is 46.6 Å². The lowest BCUT2D eigenvalue weighted by molar-refractivity contribution is -0.148. The van der Waals surface area contributed by atoms with Crippen molar-refractivity contribution in [3.05, 3.63) is 70.7 Å². The summed E-state index contributed by atoms with van der Waals surface area (Å²) in [4.78, 5) is 27.1. The van der Waals surface area contributed by atoms with Crippen molar-refractivity contribution in [2.75, 3.05) is 13.7 Å². The molecular weight excluding hydrogens is 386 g/mol. The molecule has 1 saturated carbocycles. The summed E-state index contributed by atoms with van der Waals surface area (Å²) in [5, 5.41) is 0.588. The fourth-order valence-electron chi connectivity index (χ4n) is 3.58. The number of carbonyl (C=O) groups excluding carboxylic acids is 2. The molecule has 152 valence electrons. The Hall–Kier alpha value is -2.59. The van der Waals surface area contributed by atoms with Crippen LogP contribution in [0.4, 0.5) is 0 Å². The van der Waals surface area contributed by atoms with Crippen molar-refractivity contribution < 1.29 is 14.3 Å². The monoisotopic (exact) mass is 411 g/mol. The van der Waals surface area contributed by atoms with Crippen molar-refractivity contribution in [3.8, 4) is 0 Å². The molecule has 2 aromatic rings. The fourth-order valence-corrected chi connectivity index (χ4v) is 3.71. The quantitative estimate of drug-likeness (QED) is 0.372. The van der Waals surface area contributed by atoms with Crippen LogP contribution in [0.2, 0.25) is 5.02 Å². The SMILES string of the molecule is CN(C(=O)COC(=O)C(=Cc1ccccc1)c1ccc(Cl)cc1)C1CCCCC1. The number of nitrogens with zero attached hydrogens (tertiary/aromatic N) is 1. The first kappa shape index (κ1) is 21.1. The van der Waals surface area contributed by atoms with Gasteiger partial charge in [0.25, 0.3) is 5.91 Å². The van der Waals surface area contributed by atoms with Crippen molar-refractivity contribution in [2.45, 2.75) is 38.1 Å². The molecule has 0 aliphatic heterocycles. The predicted molar refractivity (Wildman–Crippen MR) is 116 cm³/mol. The van der Waals surface area contributed by atoms with Crippen LogP contribution in [0.3, 0.4) is 0 Å². The Morgan fingerprint density at radius 3 is 2.34 bits per heavy atom. The van der Waals surface area contributed by atoms with E-state index in [1.165, 1.54) is 6.42 Å². The number of halogens is 1. The maximum atomic E-state index is 12.8. The molecule has 1 amide bonds. The van der Waals surface area contributed by atoms with Crippen LogP contribution in [0.1, 0.15) is 43.2 Å². The van der Waals surface area contributed by atoms with E-state index in [0.29, 0.717) is 16.2 Å². The molecule has 3 rings (SSSR count). The smallest absolute Gasteiger partial charge is 0.339 e. The molecule has 1 aliphatic carbocycles. The lowest BCUT2D eigenvalue weighted by Crippen LogP contribution is -2.40. The fraction of sp³-hybridized carbons (Fsp3) is 0.333. The van der Waals surface area contributed by atoms with Gasteiger partial charge in [-0.1, -0.05) is 73.3 Å². The van der Waals surface area contributed by atoms with Crippen LogP contribution < -0.4 is 0 Å². The molecule has 4 nitrogen and oxygen atoms in total. The molecule has 0 atom stereocenters. The molecule has 5 heteroatoms. The third-order valence-electron chi connectivity index (χ3n) is 5.33. The zero-order valence-electron chi connectivity index (χ0n) is 16.6. The molecule has 0 bridgehead atoms. The number of carbonyl (C=O) groups is 2. The third kappa shape index (κ3) is 5.94. The standard InChI is InChI=1S/C24H26ClNO3/c1-26(21-10-6-3-7-11-21)23(27)17-29-24(28)22(16-18-8-4-2-5-9-18)19-12-14-20(25)15-13-19/h2,4-5,8-9,12-16,21H,3,6-7,10-11,17H2,1H3. The van der Waals surface area contributed by atoms with E-state index in [-0.39, 0.29) is 18.6 Å². The highest BCUT2D eigenvalue weighted by Gasteiger charge is 2.23. The normalized spacial score (nSPS) is 15.0. The average Bonchev–Trinajstić information content (AvgIpc) is 2.77. The number of hydrogen-bond donors (Lipinski definition) is 0. The summed E-state index contributed by atoms with van der Waals surface area (Å²) in [6, 6.07) is 16.8.